The smallest absolute Gasteiger partial charge is 0.389 e. The van der Waals surface area contributed by atoms with E-state index in [0.717, 1.165) is 0 Å². The van der Waals surface area contributed by atoms with Gasteiger partial charge < -0.3 is 30.3 Å². The van der Waals surface area contributed by atoms with Gasteiger partial charge in [-0.3, -0.25) is 10.8 Å². The zero-order valence-electron chi connectivity index (χ0n) is 9.29. The molecule has 0 radical (unpaired) electrons. The molecule has 0 unspecified atom stereocenters. The third kappa shape index (κ3) is 2.26. The van der Waals surface area contributed by atoms with Gasteiger partial charge in [-0.15, -0.1) is 0 Å². The number of nitrogens with one attached hydrogen (secondary N) is 2. The number of hydrogen-bond donors (Lipinski definition) is 4. The number of nitrogens with two attached hydrogens (primary N) is 2. The highest BCUT2D eigenvalue weighted by Gasteiger charge is 2.44. The molecule has 0 bridgehead atoms. The number of rotatable bonds is 4. The molecule has 0 amide bonds. The van der Waals surface area contributed by atoms with Crippen molar-refractivity contribution in [3.63, 3.8) is 0 Å². The third-order valence-corrected chi connectivity index (χ3v) is 1.89. The molecule has 1 heterocycles. The van der Waals surface area contributed by atoms with E-state index < -0.39 is 38.3 Å². The normalized spacial score (nSPS) is 9.90. The molecule has 0 saturated heterocycles. The molecule has 0 aliphatic carbocycles. The molecule has 16 nitrogen and oxygen atoms in total. The number of nitrogens with zero attached hydrogens (tertiary/aromatic N) is 6. The van der Waals surface area contributed by atoms with Crippen molar-refractivity contribution < 1.29 is 14.8 Å². The summed E-state index contributed by atoms with van der Waals surface area (Å²) in [4.78, 5) is 31.2. The van der Waals surface area contributed by atoms with Crippen LogP contribution in [0.4, 0.5) is 17.6 Å². The van der Waals surface area contributed by atoms with Crippen LogP contribution in [0.3, 0.4) is 0 Å². The van der Waals surface area contributed by atoms with Gasteiger partial charge in [0.15, 0.2) is 0 Å². The van der Waals surface area contributed by atoms with E-state index in [2.05, 4.69) is 4.98 Å². The average Bonchev–Trinajstić information content (AvgIpc) is 2.77. The second-order valence-electron chi connectivity index (χ2n) is 2.98. The zero-order chi connectivity index (χ0) is 15.6. The summed E-state index contributed by atoms with van der Waals surface area (Å²) in [6.45, 7) is 0. The lowest BCUT2D eigenvalue weighted by molar-refractivity contribution is -0.428. The minimum absolute atomic E-state index is 0.0241. The fourth-order valence-electron chi connectivity index (χ4n) is 1.15. The number of imidazole rings is 1. The minimum Gasteiger partial charge on any atom is -0.389 e. The summed E-state index contributed by atoms with van der Waals surface area (Å²) in [5, 5.41) is 39.4. The van der Waals surface area contributed by atoms with Gasteiger partial charge in [0.05, 0.1) is 4.98 Å². The van der Waals surface area contributed by atoms with E-state index in [0.29, 0.717) is 0 Å². The van der Waals surface area contributed by atoms with Gasteiger partial charge in [-0.2, -0.15) is 0 Å². The zero-order valence-corrected chi connectivity index (χ0v) is 9.29. The number of nitro groups is 3. The molecule has 1 aromatic heterocycles. The van der Waals surface area contributed by atoms with Crippen LogP contribution < -0.4 is 22.2 Å². The van der Waals surface area contributed by atoms with Crippen molar-refractivity contribution >= 4 is 23.5 Å². The van der Waals surface area contributed by atoms with Gasteiger partial charge in [0.2, 0.25) is 0 Å². The summed E-state index contributed by atoms with van der Waals surface area (Å²) >= 11 is 0. The molecule has 0 aromatic carbocycles. The molecular weight excluding hydrogens is 284 g/mol. The van der Waals surface area contributed by atoms with E-state index in [1.165, 1.54) is 0 Å². The summed E-state index contributed by atoms with van der Waals surface area (Å²) in [5.41, 5.74) is 1.65. The Morgan fingerprint density at radius 2 is 1.80 bits per heavy atom. The lowest BCUT2D eigenvalue weighted by atomic mass is 10.7. The van der Waals surface area contributed by atoms with Crippen molar-refractivity contribution in [3.05, 3.63) is 30.3 Å². The maximum absolute atomic E-state index is 10.8. The van der Waals surface area contributed by atoms with E-state index in [-0.39, 0.29) is 9.79 Å². The van der Waals surface area contributed by atoms with Crippen LogP contribution in [-0.4, -0.2) is 30.4 Å². The van der Waals surface area contributed by atoms with Crippen LogP contribution in [0, 0.1) is 35.8 Å². The average molecular weight is 290 g/mol. The van der Waals surface area contributed by atoms with E-state index in [4.69, 9.17) is 17.1 Å². The molecule has 0 atom stereocenters. The van der Waals surface area contributed by atoms with Gasteiger partial charge in [0, 0.05) is 0 Å². The SMILES string of the molecule is N=C(NN)N(N)n1c([N+](=O)[O-])nc([N+](=O)[O-])c1[N+](=O)[O-]. The Balaban J connectivity index is 3.68. The van der Waals surface area contributed by atoms with Crippen molar-refractivity contribution in [2.45, 2.75) is 0 Å². The molecule has 0 aliphatic heterocycles. The first-order valence-electron chi connectivity index (χ1n) is 4.38. The van der Waals surface area contributed by atoms with Crippen LogP contribution >= 0.6 is 0 Å². The summed E-state index contributed by atoms with van der Waals surface area (Å²) in [6.07, 6.45) is 0. The molecule has 0 aliphatic rings. The van der Waals surface area contributed by atoms with Crippen LogP contribution in [0.15, 0.2) is 0 Å². The second kappa shape index (κ2) is 5.07. The Morgan fingerprint density at radius 3 is 2.15 bits per heavy atom. The Bertz CT molecular complexity index is 605. The summed E-state index contributed by atoms with van der Waals surface area (Å²) in [5.74, 6) is 4.98. The van der Waals surface area contributed by atoms with Crippen LogP contribution in [0.1, 0.15) is 0 Å². The molecular formula is C4H6N10O6. The first-order chi connectivity index (χ1) is 9.22. The highest BCUT2D eigenvalue weighted by molar-refractivity contribution is 5.85. The summed E-state index contributed by atoms with van der Waals surface area (Å²) < 4.78 is -0.0413. The lowest BCUT2D eigenvalue weighted by Gasteiger charge is -2.13. The van der Waals surface area contributed by atoms with Gasteiger partial charge in [-0.1, -0.05) is 5.12 Å². The Morgan fingerprint density at radius 1 is 1.25 bits per heavy atom. The Labute approximate surface area is 107 Å². The quantitative estimate of drug-likeness (QED) is 0.152. The van der Waals surface area contributed by atoms with E-state index in [1.54, 1.807) is 5.43 Å². The highest BCUT2D eigenvalue weighted by Crippen LogP contribution is 2.30. The molecule has 16 heteroatoms. The van der Waals surface area contributed by atoms with Gasteiger partial charge in [0.1, 0.15) is 0 Å². The molecule has 0 saturated carbocycles. The van der Waals surface area contributed by atoms with Crippen molar-refractivity contribution in [2.75, 3.05) is 5.12 Å². The largest absolute Gasteiger partial charge is 0.532 e. The molecule has 0 fully saturated rings. The number of hydrazine groups is 2. The second-order valence-corrected chi connectivity index (χ2v) is 2.98. The number of aromatic nitrogens is 2. The molecule has 6 N–H and O–H groups in total. The van der Waals surface area contributed by atoms with Crippen LogP contribution in [0.25, 0.3) is 0 Å². The van der Waals surface area contributed by atoms with Crippen molar-refractivity contribution in [1.29, 1.82) is 5.41 Å². The van der Waals surface area contributed by atoms with Crippen molar-refractivity contribution in [1.82, 2.24) is 15.1 Å². The molecule has 20 heavy (non-hydrogen) atoms. The fourth-order valence-corrected chi connectivity index (χ4v) is 1.15. The maximum Gasteiger partial charge on any atom is 0.532 e. The number of guanidine groups is 1. The van der Waals surface area contributed by atoms with Gasteiger partial charge in [-0.25, -0.2) is 11.7 Å². The predicted molar refractivity (Wildman–Crippen MR) is 59.6 cm³/mol. The van der Waals surface area contributed by atoms with E-state index in [1.807, 2.05) is 0 Å². The van der Waals surface area contributed by atoms with Crippen molar-refractivity contribution in [2.24, 2.45) is 11.7 Å². The summed E-state index contributed by atoms with van der Waals surface area (Å²) in [6, 6.07) is 0. The maximum atomic E-state index is 10.8. The van der Waals surface area contributed by atoms with E-state index in [9.17, 15) is 30.3 Å². The molecule has 108 valence electrons. The minimum atomic E-state index is -1.40. The molecule has 0 spiro atoms. The monoisotopic (exact) mass is 290 g/mol. The Kier molecular flexibility index (Phi) is 3.72. The molecule has 1 rings (SSSR count). The van der Waals surface area contributed by atoms with Crippen molar-refractivity contribution in [3.8, 4) is 0 Å². The fraction of sp³-hybridized carbons (Fsp3) is 0. The first kappa shape index (κ1) is 14.7. The topological polar surface area (TPSA) is 238 Å². The Hall–Kier alpha value is -3.40. The van der Waals surface area contributed by atoms with Gasteiger partial charge in [0.25, 0.3) is 5.96 Å². The first-order valence-corrected chi connectivity index (χ1v) is 4.38. The highest BCUT2D eigenvalue weighted by atomic mass is 16.7. The molecule has 1 aromatic rings. The van der Waals surface area contributed by atoms with Crippen LogP contribution in [0.2, 0.25) is 0 Å². The van der Waals surface area contributed by atoms with Gasteiger partial charge in [-0.05, 0) is 19.4 Å². The van der Waals surface area contributed by atoms with Gasteiger partial charge >= 0.3 is 17.6 Å². The predicted octanol–water partition coefficient (Wildman–Crippen LogP) is -2.18. The van der Waals surface area contributed by atoms with Crippen LogP contribution in [0.5, 0.6) is 0 Å². The number of hydrogen-bond acceptors (Lipinski definition) is 10. The van der Waals surface area contributed by atoms with E-state index >= 15 is 0 Å². The third-order valence-electron chi connectivity index (χ3n) is 1.89. The van der Waals surface area contributed by atoms with Crippen LogP contribution in [-0.2, 0) is 0 Å². The standard InChI is InChI=1S/C4H6N10O6/c5-3(9-6)11(7)10-2(13(17)18)1(12(15)16)8-4(10)14(19)20/h6-7H2,(H2,5,9). The lowest BCUT2D eigenvalue weighted by Crippen LogP contribution is -2.54. The summed E-state index contributed by atoms with van der Waals surface area (Å²) in [7, 11) is 0.